The summed E-state index contributed by atoms with van der Waals surface area (Å²) in [6, 6.07) is 8.10. The van der Waals surface area contributed by atoms with E-state index in [0.29, 0.717) is 50.2 Å². The van der Waals surface area contributed by atoms with Gasteiger partial charge in [-0.25, -0.2) is 17.2 Å². The van der Waals surface area contributed by atoms with Crippen LogP contribution < -0.4 is 9.47 Å². The third-order valence-electron chi connectivity index (χ3n) is 6.80. The molecule has 7 nitrogen and oxygen atoms in total. The van der Waals surface area contributed by atoms with E-state index >= 15 is 0 Å². The molecule has 10 heteroatoms. The third kappa shape index (κ3) is 4.24. The van der Waals surface area contributed by atoms with Crippen molar-refractivity contribution < 1.29 is 31.5 Å². The number of sulfonamides is 1. The third-order valence-corrected chi connectivity index (χ3v) is 8.71. The van der Waals surface area contributed by atoms with Gasteiger partial charge < -0.3 is 14.4 Å². The van der Waals surface area contributed by atoms with Gasteiger partial charge in [0.1, 0.15) is 29.7 Å². The maximum atomic E-state index is 14.1. The summed E-state index contributed by atoms with van der Waals surface area (Å²) in [6.07, 6.45) is 2.40. The normalized spacial score (nSPS) is 21.6. The fraction of sp³-hybridized carbons (Fsp3) is 0.458. The van der Waals surface area contributed by atoms with Gasteiger partial charge in [0, 0.05) is 25.6 Å². The highest BCUT2D eigenvalue weighted by Crippen LogP contribution is 2.39. The van der Waals surface area contributed by atoms with Gasteiger partial charge in [0.15, 0.2) is 11.5 Å². The molecular weight excluding hydrogens is 466 g/mol. The number of carbonyl (C=O) groups is 1. The highest BCUT2D eigenvalue weighted by atomic mass is 32.2. The predicted octanol–water partition coefficient (Wildman–Crippen LogP) is 3.50. The molecule has 182 valence electrons. The molecule has 0 aliphatic carbocycles. The Kier molecular flexibility index (Phi) is 6.20. The molecular formula is C24H26F2N2O5S. The van der Waals surface area contributed by atoms with Crippen LogP contribution in [0.1, 0.15) is 37.3 Å². The minimum Gasteiger partial charge on any atom is -0.486 e. The number of halogens is 2. The summed E-state index contributed by atoms with van der Waals surface area (Å²) >= 11 is 0. The number of ether oxygens (including phenoxy) is 2. The van der Waals surface area contributed by atoms with Crippen LogP contribution in [0.3, 0.4) is 0 Å². The minimum absolute atomic E-state index is 0.00590. The number of hydrogen-bond donors (Lipinski definition) is 0. The van der Waals surface area contributed by atoms with Crippen molar-refractivity contribution in [3.05, 3.63) is 53.6 Å². The van der Waals surface area contributed by atoms with E-state index in [-0.39, 0.29) is 31.0 Å². The van der Waals surface area contributed by atoms with Gasteiger partial charge in [-0.05, 0) is 61.6 Å². The van der Waals surface area contributed by atoms with E-state index in [1.54, 1.807) is 0 Å². The van der Waals surface area contributed by atoms with Gasteiger partial charge in [0.25, 0.3) is 0 Å². The molecule has 1 unspecified atom stereocenters. The molecule has 2 aromatic rings. The van der Waals surface area contributed by atoms with Crippen LogP contribution >= 0.6 is 0 Å². The number of carbonyl (C=O) groups excluding carboxylic acids is 1. The molecule has 3 heterocycles. The Morgan fingerprint density at radius 1 is 0.912 bits per heavy atom. The van der Waals surface area contributed by atoms with E-state index in [0.717, 1.165) is 34.8 Å². The average molecular weight is 493 g/mol. The van der Waals surface area contributed by atoms with Crippen molar-refractivity contribution in [1.82, 2.24) is 9.21 Å². The highest BCUT2D eigenvalue weighted by molar-refractivity contribution is 7.89. The molecule has 1 atom stereocenters. The van der Waals surface area contributed by atoms with E-state index in [9.17, 15) is 22.0 Å². The molecule has 0 aromatic heterocycles. The maximum absolute atomic E-state index is 14.1. The van der Waals surface area contributed by atoms with E-state index in [4.69, 9.17) is 9.47 Å². The molecule has 3 aliphatic heterocycles. The largest absolute Gasteiger partial charge is 0.486 e. The molecule has 2 fully saturated rings. The first kappa shape index (κ1) is 23.0. The van der Waals surface area contributed by atoms with E-state index in [1.807, 2.05) is 23.1 Å². The standard InChI is InChI=1S/C24H26F2N2O5S/c25-18-4-5-19(26)23(15-18)34(30,31)27-10-7-16(8-11-27)24(29)28-9-1-2-20(28)17-3-6-21-22(14-17)33-13-12-32-21/h3-6,14-16,20H,1-2,7-13H2. The van der Waals surface area contributed by atoms with Gasteiger partial charge in [-0.2, -0.15) is 4.31 Å². The van der Waals surface area contributed by atoms with E-state index in [1.165, 1.54) is 0 Å². The number of likely N-dealkylation sites (tertiary alicyclic amines) is 1. The molecule has 1 amide bonds. The molecule has 5 rings (SSSR count). The second kappa shape index (κ2) is 9.14. The molecule has 2 aromatic carbocycles. The Morgan fingerprint density at radius 2 is 1.65 bits per heavy atom. The van der Waals surface area contributed by atoms with Gasteiger partial charge in [-0.1, -0.05) is 6.07 Å². The average Bonchev–Trinajstić information content (AvgIpc) is 3.35. The SMILES string of the molecule is O=C(C1CCN(S(=O)(=O)c2cc(F)ccc2F)CC1)N1CCCC1c1ccc2c(c1)OCCO2. The van der Waals surface area contributed by atoms with Gasteiger partial charge in [0.2, 0.25) is 15.9 Å². The minimum atomic E-state index is -4.18. The Morgan fingerprint density at radius 3 is 2.41 bits per heavy atom. The highest BCUT2D eigenvalue weighted by Gasteiger charge is 2.38. The monoisotopic (exact) mass is 492 g/mol. The van der Waals surface area contributed by atoms with Crippen LogP contribution in [0.25, 0.3) is 0 Å². The zero-order valence-electron chi connectivity index (χ0n) is 18.6. The summed E-state index contributed by atoms with van der Waals surface area (Å²) in [5, 5.41) is 0. The van der Waals surface area contributed by atoms with Crippen LogP contribution in [0, 0.1) is 17.6 Å². The molecule has 3 aliphatic rings. The number of benzene rings is 2. The van der Waals surface area contributed by atoms with Crippen molar-refractivity contribution in [2.24, 2.45) is 5.92 Å². The number of piperidine rings is 1. The van der Waals surface area contributed by atoms with Gasteiger partial charge >= 0.3 is 0 Å². The quantitative estimate of drug-likeness (QED) is 0.653. The molecule has 34 heavy (non-hydrogen) atoms. The molecule has 0 spiro atoms. The number of rotatable bonds is 4. The Hall–Kier alpha value is -2.72. The van der Waals surface area contributed by atoms with Crippen molar-refractivity contribution in [1.29, 1.82) is 0 Å². The van der Waals surface area contributed by atoms with Crippen molar-refractivity contribution in [2.45, 2.75) is 36.6 Å². The number of nitrogens with zero attached hydrogens (tertiary/aromatic N) is 2. The lowest BCUT2D eigenvalue weighted by Gasteiger charge is -2.34. The summed E-state index contributed by atoms with van der Waals surface area (Å²) < 4.78 is 65.7. The molecule has 0 radical (unpaired) electrons. The Bertz CT molecular complexity index is 1200. The van der Waals surface area contributed by atoms with Crippen LogP contribution in [-0.2, 0) is 14.8 Å². The maximum Gasteiger partial charge on any atom is 0.246 e. The lowest BCUT2D eigenvalue weighted by atomic mass is 9.95. The molecule has 0 N–H and O–H groups in total. The predicted molar refractivity (Wildman–Crippen MR) is 119 cm³/mol. The Labute approximate surface area is 197 Å². The first-order chi connectivity index (χ1) is 16.3. The summed E-state index contributed by atoms with van der Waals surface area (Å²) in [7, 11) is -4.18. The molecule has 0 saturated carbocycles. The van der Waals surface area contributed by atoms with Crippen molar-refractivity contribution in [2.75, 3.05) is 32.8 Å². The number of hydrogen-bond acceptors (Lipinski definition) is 5. The van der Waals surface area contributed by atoms with E-state index < -0.39 is 26.6 Å². The summed E-state index contributed by atoms with van der Waals surface area (Å²) in [5.41, 5.74) is 0.997. The first-order valence-electron chi connectivity index (χ1n) is 11.5. The number of amides is 1. The summed E-state index contributed by atoms with van der Waals surface area (Å²) in [6.45, 7) is 1.81. The number of fused-ring (bicyclic) bond motifs is 1. The van der Waals surface area contributed by atoms with Crippen LogP contribution in [-0.4, -0.2) is 56.4 Å². The summed E-state index contributed by atoms with van der Waals surface area (Å²) in [4.78, 5) is 14.6. The fourth-order valence-corrected chi connectivity index (χ4v) is 6.58. The van der Waals surface area contributed by atoms with Crippen molar-refractivity contribution >= 4 is 15.9 Å². The van der Waals surface area contributed by atoms with Crippen molar-refractivity contribution in [3.8, 4) is 11.5 Å². The van der Waals surface area contributed by atoms with Gasteiger partial charge in [-0.3, -0.25) is 4.79 Å². The molecule has 0 bridgehead atoms. The lowest BCUT2D eigenvalue weighted by Crippen LogP contribution is -2.44. The Balaban J connectivity index is 1.27. The zero-order valence-corrected chi connectivity index (χ0v) is 19.4. The van der Waals surface area contributed by atoms with Crippen LogP contribution in [0.2, 0.25) is 0 Å². The van der Waals surface area contributed by atoms with Crippen molar-refractivity contribution in [3.63, 3.8) is 0 Å². The topological polar surface area (TPSA) is 76.2 Å². The second-order valence-electron chi connectivity index (χ2n) is 8.85. The van der Waals surface area contributed by atoms with Gasteiger partial charge in [-0.15, -0.1) is 0 Å². The zero-order chi connectivity index (χ0) is 23.9. The second-order valence-corrected chi connectivity index (χ2v) is 10.8. The molecule has 2 saturated heterocycles. The van der Waals surface area contributed by atoms with Crippen LogP contribution in [0.4, 0.5) is 8.78 Å². The fourth-order valence-electron chi connectivity index (χ4n) is 5.04. The first-order valence-corrected chi connectivity index (χ1v) is 12.9. The van der Waals surface area contributed by atoms with Crippen LogP contribution in [0.5, 0.6) is 11.5 Å². The van der Waals surface area contributed by atoms with Crippen LogP contribution in [0.15, 0.2) is 41.3 Å². The smallest absolute Gasteiger partial charge is 0.246 e. The van der Waals surface area contributed by atoms with E-state index in [2.05, 4.69) is 0 Å². The summed E-state index contributed by atoms with van der Waals surface area (Å²) in [5.74, 6) is -0.725. The lowest BCUT2D eigenvalue weighted by molar-refractivity contribution is -0.137. The van der Waals surface area contributed by atoms with Gasteiger partial charge in [0.05, 0.1) is 6.04 Å².